The Morgan fingerprint density at radius 1 is 1.48 bits per heavy atom. The number of benzene rings is 1. The van der Waals surface area contributed by atoms with Gasteiger partial charge >= 0.3 is 0 Å². The second-order valence-corrected chi connectivity index (χ2v) is 5.21. The first-order chi connectivity index (χ1) is 10.1. The molecule has 21 heavy (non-hydrogen) atoms. The van der Waals surface area contributed by atoms with Gasteiger partial charge in [-0.3, -0.25) is 14.8 Å². The summed E-state index contributed by atoms with van der Waals surface area (Å²) < 4.78 is 7.92. The number of nitrogens with one attached hydrogen (secondary N) is 1. The first kappa shape index (κ1) is 13.8. The molecule has 1 N–H and O–H groups in total. The van der Waals surface area contributed by atoms with Crippen molar-refractivity contribution in [2.24, 2.45) is 0 Å². The summed E-state index contributed by atoms with van der Waals surface area (Å²) in [5.41, 5.74) is 0.762. The summed E-state index contributed by atoms with van der Waals surface area (Å²) in [4.78, 5) is 14.0. The molecule has 1 aromatic carbocycles. The molecule has 0 fully saturated rings. The summed E-state index contributed by atoms with van der Waals surface area (Å²) in [5, 5.41) is 7.07. The Kier molecular flexibility index (Phi) is 3.50. The molecule has 2 aromatic rings. The van der Waals surface area contributed by atoms with Gasteiger partial charge in [0, 0.05) is 6.54 Å². The predicted octanol–water partition coefficient (Wildman–Crippen LogP) is 2.45. The number of anilines is 1. The zero-order valence-corrected chi connectivity index (χ0v) is 12.7. The Balaban J connectivity index is 2.06. The number of hydrogen-bond donors (Lipinski definition) is 1. The largest absolute Gasteiger partial charge is 0.482 e. The molecule has 1 amide bonds. The minimum Gasteiger partial charge on any atom is -0.482 e. The number of aromatic nitrogens is 3. The van der Waals surface area contributed by atoms with Crippen LogP contribution in [0.1, 0.15) is 25.7 Å². The van der Waals surface area contributed by atoms with E-state index < -0.39 is 0 Å². The molecule has 1 aliphatic heterocycles. The number of carbonyl (C=O) groups is 1. The molecule has 0 saturated carbocycles. The van der Waals surface area contributed by atoms with Crippen molar-refractivity contribution < 1.29 is 9.53 Å². The van der Waals surface area contributed by atoms with E-state index in [9.17, 15) is 4.79 Å². The Hall–Kier alpha value is -2.15. The lowest BCUT2D eigenvalue weighted by Crippen LogP contribution is -2.41. The molecule has 1 aliphatic rings. The van der Waals surface area contributed by atoms with Crippen molar-refractivity contribution in [1.82, 2.24) is 14.8 Å². The van der Waals surface area contributed by atoms with E-state index in [1.807, 2.05) is 42.7 Å². The lowest BCUT2D eigenvalue weighted by Gasteiger charge is -2.33. The molecular weight excluding hydrogens is 288 g/mol. The number of amides is 1. The van der Waals surface area contributed by atoms with Crippen molar-refractivity contribution in [3.63, 3.8) is 0 Å². The summed E-state index contributed by atoms with van der Waals surface area (Å²) >= 11 is 5.22. The van der Waals surface area contributed by atoms with Crippen molar-refractivity contribution in [2.75, 3.05) is 11.5 Å². The molecule has 6 nitrogen and oxygen atoms in total. The van der Waals surface area contributed by atoms with Gasteiger partial charge in [-0.25, -0.2) is 0 Å². The van der Waals surface area contributed by atoms with Crippen LogP contribution in [-0.4, -0.2) is 27.3 Å². The van der Waals surface area contributed by atoms with Crippen LogP contribution in [0.4, 0.5) is 5.69 Å². The number of H-pyrrole nitrogens is 1. The van der Waals surface area contributed by atoms with Crippen molar-refractivity contribution >= 4 is 23.8 Å². The van der Waals surface area contributed by atoms with Crippen molar-refractivity contribution in [3.05, 3.63) is 34.9 Å². The van der Waals surface area contributed by atoms with E-state index in [-0.39, 0.29) is 18.6 Å². The van der Waals surface area contributed by atoms with Gasteiger partial charge in [0.2, 0.25) is 0 Å². The molecule has 0 saturated heterocycles. The highest BCUT2D eigenvalue weighted by molar-refractivity contribution is 7.71. The van der Waals surface area contributed by atoms with Crippen molar-refractivity contribution in [3.8, 4) is 5.75 Å². The second-order valence-electron chi connectivity index (χ2n) is 4.83. The summed E-state index contributed by atoms with van der Waals surface area (Å²) in [5.74, 6) is 1.37. The monoisotopic (exact) mass is 304 g/mol. The van der Waals surface area contributed by atoms with E-state index in [0.717, 1.165) is 11.5 Å². The van der Waals surface area contributed by atoms with E-state index in [0.29, 0.717) is 17.1 Å². The summed E-state index contributed by atoms with van der Waals surface area (Å²) in [7, 11) is 0. The van der Waals surface area contributed by atoms with Crippen LogP contribution in [0.25, 0.3) is 0 Å². The third-order valence-corrected chi connectivity index (χ3v) is 3.92. The molecule has 1 atom stereocenters. The van der Waals surface area contributed by atoms with Crippen LogP contribution in [0.2, 0.25) is 0 Å². The van der Waals surface area contributed by atoms with E-state index in [2.05, 4.69) is 10.2 Å². The first-order valence-corrected chi connectivity index (χ1v) is 7.23. The molecule has 2 heterocycles. The Morgan fingerprint density at radius 2 is 2.24 bits per heavy atom. The maximum Gasteiger partial charge on any atom is 0.265 e. The van der Waals surface area contributed by atoms with Crippen LogP contribution in [0.3, 0.4) is 0 Å². The third kappa shape index (κ3) is 2.23. The number of para-hydroxylation sites is 2. The quantitative estimate of drug-likeness (QED) is 0.885. The molecule has 110 valence electrons. The van der Waals surface area contributed by atoms with Gasteiger partial charge in [0.05, 0.1) is 11.7 Å². The summed E-state index contributed by atoms with van der Waals surface area (Å²) in [6.07, 6.45) is 0. The molecule has 0 radical (unpaired) electrons. The number of carbonyl (C=O) groups excluding carboxylic acids is 1. The lowest BCUT2D eigenvalue weighted by molar-refractivity contribution is -0.121. The molecule has 3 rings (SSSR count). The van der Waals surface area contributed by atoms with E-state index in [1.165, 1.54) is 0 Å². The van der Waals surface area contributed by atoms with Gasteiger partial charge in [-0.15, -0.1) is 0 Å². The van der Waals surface area contributed by atoms with Gasteiger partial charge in [-0.2, -0.15) is 5.10 Å². The zero-order chi connectivity index (χ0) is 15.0. The standard InChI is InChI=1S/C14H16N4O2S/c1-3-17-13(15-16-14(17)21)9(2)18-10-6-4-5-7-11(10)20-8-12(18)19/h4-7,9H,3,8H2,1-2H3,(H,16,21). The third-order valence-electron chi connectivity index (χ3n) is 3.61. The molecule has 7 heteroatoms. The van der Waals surface area contributed by atoms with E-state index in [4.69, 9.17) is 17.0 Å². The maximum atomic E-state index is 12.3. The zero-order valence-electron chi connectivity index (χ0n) is 11.9. The fraction of sp³-hybridized carbons (Fsp3) is 0.357. The smallest absolute Gasteiger partial charge is 0.265 e. The maximum absolute atomic E-state index is 12.3. The van der Waals surface area contributed by atoms with Gasteiger partial charge in [0.25, 0.3) is 5.91 Å². The Labute approximate surface area is 127 Å². The predicted molar refractivity (Wildman–Crippen MR) is 80.9 cm³/mol. The molecule has 0 bridgehead atoms. The van der Waals surface area contributed by atoms with Crippen LogP contribution in [-0.2, 0) is 11.3 Å². The van der Waals surface area contributed by atoms with Gasteiger partial charge in [-0.1, -0.05) is 12.1 Å². The fourth-order valence-electron chi connectivity index (χ4n) is 2.62. The highest BCUT2D eigenvalue weighted by atomic mass is 32.1. The minimum atomic E-state index is -0.226. The normalized spacial score (nSPS) is 15.5. The summed E-state index contributed by atoms with van der Waals surface area (Å²) in [6, 6.07) is 7.28. The number of fused-ring (bicyclic) bond motifs is 1. The fourth-order valence-corrected chi connectivity index (χ4v) is 2.88. The van der Waals surface area contributed by atoms with Crippen molar-refractivity contribution in [1.29, 1.82) is 0 Å². The van der Waals surface area contributed by atoms with Gasteiger partial charge in [-0.05, 0) is 38.2 Å². The molecular formula is C14H16N4O2S. The topological polar surface area (TPSA) is 63.1 Å². The average Bonchev–Trinajstić information content (AvgIpc) is 2.87. The molecule has 0 aliphatic carbocycles. The van der Waals surface area contributed by atoms with E-state index in [1.54, 1.807) is 4.90 Å². The number of rotatable bonds is 3. The number of hydrogen-bond acceptors (Lipinski definition) is 4. The number of nitrogens with zero attached hydrogens (tertiary/aromatic N) is 3. The Morgan fingerprint density at radius 3 is 3.00 bits per heavy atom. The van der Waals surface area contributed by atoms with Gasteiger partial charge in [0.15, 0.2) is 17.2 Å². The lowest BCUT2D eigenvalue weighted by atomic mass is 10.1. The average molecular weight is 304 g/mol. The van der Waals surface area contributed by atoms with Gasteiger partial charge < -0.3 is 9.30 Å². The van der Waals surface area contributed by atoms with Crippen molar-refractivity contribution in [2.45, 2.75) is 26.4 Å². The Bertz CT molecular complexity index is 737. The van der Waals surface area contributed by atoms with Gasteiger partial charge in [0.1, 0.15) is 5.75 Å². The van der Waals surface area contributed by atoms with Crippen LogP contribution in [0.5, 0.6) is 5.75 Å². The minimum absolute atomic E-state index is 0.0403. The van der Waals surface area contributed by atoms with Crippen LogP contribution >= 0.6 is 12.2 Å². The molecule has 1 unspecified atom stereocenters. The first-order valence-electron chi connectivity index (χ1n) is 6.82. The molecule has 0 spiro atoms. The summed E-state index contributed by atoms with van der Waals surface area (Å²) in [6.45, 7) is 4.68. The highest BCUT2D eigenvalue weighted by Crippen LogP contribution is 2.36. The molecule has 1 aromatic heterocycles. The van der Waals surface area contributed by atoms with Crippen LogP contribution in [0.15, 0.2) is 24.3 Å². The van der Waals surface area contributed by atoms with Crippen LogP contribution < -0.4 is 9.64 Å². The SMILES string of the molecule is CCn1c(C(C)N2C(=O)COc3ccccc32)n[nH]c1=S. The van der Waals surface area contributed by atoms with E-state index >= 15 is 0 Å². The highest BCUT2D eigenvalue weighted by Gasteiger charge is 2.32. The number of aromatic amines is 1. The second kappa shape index (κ2) is 5.33. The van der Waals surface area contributed by atoms with Crippen LogP contribution in [0, 0.1) is 4.77 Å². The number of ether oxygens (including phenoxy) is 1.